The standard InChI is InChI=1S/C14H20N2O5/c1-19-13-7-11(12(16(17)18)8-14(13)20-2)15-5-6-21-9-10-3-4-10/h7-8,10,15H,3-6,9H2,1-2H3. The Balaban J connectivity index is 1.99. The molecule has 2 rings (SSSR count). The average Bonchev–Trinajstić information content (AvgIpc) is 3.30. The Morgan fingerprint density at radius 3 is 2.52 bits per heavy atom. The van der Waals surface area contributed by atoms with Gasteiger partial charge < -0.3 is 19.5 Å². The monoisotopic (exact) mass is 296 g/mol. The number of rotatable bonds is 9. The number of ether oxygens (including phenoxy) is 3. The molecule has 0 spiro atoms. The Bertz CT molecular complexity index is 502. The van der Waals surface area contributed by atoms with Crippen LogP contribution in [0.2, 0.25) is 0 Å². The van der Waals surface area contributed by atoms with Gasteiger partial charge >= 0.3 is 0 Å². The minimum Gasteiger partial charge on any atom is -0.493 e. The zero-order valence-corrected chi connectivity index (χ0v) is 12.3. The van der Waals surface area contributed by atoms with Crippen LogP contribution in [0.1, 0.15) is 12.8 Å². The van der Waals surface area contributed by atoms with Crippen molar-refractivity contribution in [3.05, 3.63) is 22.2 Å². The van der Waals surface area contributed by atoms with Crippen molar-refractivity contribution in [2.45, 2.75) is 12.8 Å². The van der Waals surface area contributed by atoms with Crippen molar-refractivity contribution >= 4 is 11.4 Å². The fourth-order valence-electron chi connectivity index (χ4n) is 1.95. The van der Waals surface area contributed by atoms with Crippen LogP contribution in [0.25, 0.3) is 0 Å². The molecule has 0 bridgehead atoms. The van der Waals surface area contributed by atoms with E-state index in [0.717, 1.165) is 6.61 Å². The number of nitrogens with zero attached hydrogens (tertiary/aromatic N) is 1. The first-order chi connectivity index (χ1) is 10.2. The van der Waals surface area contributed by atoms with Crippen molar-refractivity contribution in [1.82, 2.24) is 0 Å². The smallest absolute Gasteiger partial charge is 0.296 e. The van der Waals surface area contributed by atoms with Crippen molar-refractivity contribution in [2.75, 3.05) is 39.3 Å². The zero-order chi connectivity index (χ0) is 15.2. The predicted octanol–water partition coefficient (Wildman–Crippen LogP) is 2.45. The van der Waals surface area contributed by atoms with Crippen molar-refractivity contribution in [2.24, 2.45) is 5.92 Å². The number of nitro benzene ring substituents is 1. The summed E-state index contributed by atoms with van der Waals surface area (Å²) in [6, 6.07) is 2.92. The predicted molar refractivity (Wildman–Crippen MR) is 78.2 cm³/mol. The number of methoxy groups -OCH3 is 2. The number of anilines is 1. The Morgan fingerprint density at radius 1 is 1.29 bits per heavy atom. The number of nitrogens with one attached hydrogen (secondary N) is 1. The van der Waals surface area contributed by atoms with E-state index in [1.54, 1.807) is 6.07 Å². The molecule has 1 aromatic rings. The lowest BCUT2D eigenvalue weighted by atomic mass is 10.2. The van der Waals surface area contributed by atoms with Crippen LogP contribution < -0.4 is 14.8 Å². The maximum absolute atomic E-state index is 11.1. The van der Waals surface area contributed by atoms with Crippen LogP contribution in [-0.2, 0) is 4.74 Å². The quantitative estimate of drug-likeness (QED) is 0.428. The Morgan fingerprint density at radius 2 is 1.95 bits per heavy atom. The molecular weight excluding hydrogens is 276 g/mol. The van der Waals surface area contributed by atoms with Gasteiger partial charge in [-0.25, -0.2) is 0 Å². The first kappa shape index (κ1) is 15.4. The van der Waals surface area contributed by atoms with Crippen molar-refractivity contribution in [1.29, 1.82) is 0 Å². The third kappa shape index (κ3) is 4.22. The van der Waals surface area contributed by atoms with Gasteiger partial charge in [-0.05, 0) is 18.8 Å². The molecule has 0 atom stereocenters. The first-order valence-corrected chi connectivity index (χ1v) is 6.87. The number of hydrogen-bond acceptors (Lipinski definition) is 6. The molecule has 1 aliphatic rings. The number of hydrogen-bond donors (Lipinski definition) is 1. The van der Waals surface area contributed by atoms with Gasteiger partial charge in [-0.1, -0.05) is 0 Å². The van der Waals surface area contributed by atoms with E-state index in [0.29, 0.717) is 36.3 Å². The lowest BCUT2D eigenvalue weighted by molar-refractivity contribution is -0.384. The molecule has 1 N–H and O–H groups in total. The number of benzene rings is 1. The maximum atomic E-state index is 11.1. The lowest BCUT2D eigenvalue weighted by Gasteiger charge is -2.12. The molecule has 1 saturated carbocycles. The van der Waals surface area contributed by atoms with E-state index in [1.807, 2.05) is 0 Å². The van der Waals surface area contributed by atoms with E-state index in [-0.39, 0.29) is 5.69 Å². The highest BCUT2D eigenvalue weighted by atomic mass is 16.6. The molecule has 0 aromatic heterocycles. The molecule has 1 fully saturated rings. The third-order valence-electron chi connectivity index (χ3n) is 3.31. The van der Waals surface area contributed by atoms with Gasteiger partial charge in [0.25, 0.3) is 5.69 Å². The largest absolute Gasteiger partial charge is 0.493 e. The summed E-state index contributed by atoms with van der Waals surface area (Å²) in [5.41, 5.74) is 0.350. The van der Waals surface area contributed by atoms with Crippen LogP contribution in [0.15, 0.2) is 12.1 Å². The lowest BCUT2D eigenvalue weighted by Crippen LogP contribution is -2.12. The van der Waals surface area contributed by atoms with Gasteiger partial charge in [-0.15, -0.1) is 0 Å². The Hall–Kier alpha value is -2.02. The highest BCUT2D eigenvalue weighted by molar-refractivity contribution is 5.68. The molecule has 7 nitrogen and oxygen atoms in total. The van der Waals surface area contributed by atoms with E-state index in [1.165, 1.54) is 33.1 Å². The van der Waals surface area contributed by atoms with Crippen molar-refractivity contribution in [3.8, 4) is 11.5 Å². The summed E-state index contributed by atoms with van der Waals surface area (Å²) in [7, 11) is 2.94. The molecule has 1 aliphatic carbocycles. The van der Waals surface area contributed by atoms with Crippen LogP contribution in [0.5, 0.6) is 11.5 Å². The molecule has 0 radical (unpaired) electrons. The highest BCUT2D eigenvalue weighted by Crippen LogP contribution is 2.37. The van der Waals surface area contributed by atoms with Crippen LogP contribution in [0.4, 0.5) is 11.4 Å². The van der Waals surface area contributed by atoms with Crippen LogP contribution >= 0.6 is 0 Å². The summed E-state index contributed by atoms with van der Waals surface area (Å²) in [4.78, 5) is 10.7. The fraction of sp³-hybridized carbons (Fsp3) is 0.571. The summed E-state index contributed by atoms with van der Waals surface area (Å²) >= 11 is 0. The minimum atomic E-state index is -0.449. The van der Waals surface area contributed by atoms with Gasteiger partial charge in [0.2, 0.25) is 0 Å². The Kier molecular flexibility index (Phi) is 5.21. The number of nitro groups is 1. The van der Waals surface area contributed by atoms with Gasteiger partial charge in [0.1, 0.15) is 5.69 Å². The van der Waals surface area contributed by atoms with Crippen LogP contribution in [-0.4, -0.2) is 38.9 Å². The highest BCUT2D eigenvalue weighted by Gasteiger charge is 2.21. The van der Waals surface area contributed by atoms with Gasteiger partial charge in [0.05, 0.1) is 31.8 Å². The van der Waals surface area contributed by atoms with Gasteiger partial charge in [-0.3, -0.25) is 10.1 Å². The first-order valence-electron chi connectivity index (χ1n) is 6.87. The van der Waals surface area contributed by atoms with Gasteiger partial charge in [0.15, 0.2) is 11.5 Å². The van der Waals surface area contributed by atoms with Crippen molar-refractivity contribution in [3.63, 3.8) is 0 Å². The van der Waals surface area contributed by atoms with Crippen LogP contribution in [0, 0.1) is 16.0 Å². The third-order valence-corrected chi connectivity index (χ3v) is 3.31. The summed E-state index contributed by atoms with van der Waals surface area (Å²) in [6.45, 7) is 1.79. The van der Waals surface area contributed by atoms with E-state index in [9.17, 15) is 10.1 Å². The second-order valence-electron chi connectivity index (χ2n) is 4.93. The fourth-order valence-corrected chi connectivity index (χ4v) is 1.95. The molecule has 0 saturated heterocycles. The minimum absolute atomic E-state index is 0.0464. The van der Waals surface area contributed by atoms with Gasteiger partial charge in [-0.2, -0.15) is 0 Å². The normalized spacial score (nSPS) is 13.8. The maximum Gasteiger partial charge on any atom is 0.296 e. The average molecular weight is 296 g/mol. The van der Waals surface area contributed by atoms with Crippen molar-refractivity contribution < 1.29 is 19.1 Å². The molecule has 1 aromatic carbocycles. The molecule has 7 heteroatoms. The Labute approximate surface area is 123 Å². The molecule has 0 amide bonds. The molecule has 21 heavy (non-hydrogen) atoms. The van der Waals surface area contributed by atoms with E-state index in [4.69, 9.17) is 14.2 Å². The van der Waals surface area contributed by atoms with Crippen LogP contribution in [0.3, 0.4) is 0 Å². The summed E-state index contributed by atoms with van der Waals surface area (Å²) < 4.78 is 15.7. The van der Waals surface area contributed by atoms with E-state index in [2.05, 4.69) is 5.32 Å². The zero-order valence-electron chi connectivity index (χ0n) is 12.3. The van der Waals surface area contributed by atoms with Gasteiger partial charge in [0, 0.05) is 19.2 Å². The second kappa shape index (κ2) is 7.12. The SMILES string of the molecule is COc1cc(NCCOCC2CC2)c([N+](=O)[O-])cc1OC. The second-order valence-corrected chi connectivity index (χ2v) is 4.93. The molecule has 116 valence electrons. The summed E-state index contributed by atoms with van der Waals surface area (Å²) in [5.74, 6) is 1.49. The molecule has 0 aliphatic heterocycles. The molecule has 0 unspecified atom stereocenters. The summed E-state index contributed by atoms with van der Waals surface area (Å²) in [6.07, 6.45) is 2.49. The summed E-state index contributed by atoms with van der Waals surface area (Å²) in [5, 5.41) is 14.1. The molecular formula is C14H20N2O5. The van der Waals surface area contributed by atoms with E-state index < -0.39 is 4.92 Å². The molecule has 0 heterocycles. The topological polar surface area (TPSA) is 82.9 Å². The van der Waals surface area contributed by atoms with E-state index >= 15 is 0 Å².